The monoisotopic (exact) mass is 240 g/mol. The standard InChI is InChI=1S/C14H12N2O2/c17-14(12-6-2-1-3-7-12)16-15-10-4-8-13-9-5-11-18-13/h1-11H,(H,16,17)/b8-4+,15-10-. The second-order valence-electron chi connectivity index (χ2n) is 3.46. The minimum atomic E-state index is -0.238. The summed E-state index contributed by atoms with van der Waals surface area (Å²) in [6.45, 7) is 0. The molecule has 0 radical (unpaired) electrons. The zero-order valence-electron chi connectivity index (χ0n) is 9.61. The van der Waals surface area contributed by atoms with Gasteiger partial charge in [-0.15, -0.1) is 0 Å². The molecule has 0 spiro atoms. The summed E-state index contributed by atoms with van der Waals surface area (Å²) in [5, 5.41) is 3.79. The van der Waals surface area contributed by atoms with Crippen LogP contribution in [-0.4, -0.2) is 12.1 Å². The highest BCUT2D eigenvalue weighted by Gasteiger charge is 2.00. The van der Waals surface area contributed by atoms with Crippen LogP contribution < -0.4 is 5.43 Å². The molecule has 1 aromatic heterocycles. The zero-order valence-corrected chi connectivity index (χ0v) is 9.61. The number of allylic oxidation sites excluding steroid dienone is 1. The first-order chi connectivity index (χ1) is 8.86. The van der Waals surface area contributed by atoms with Crippen molar-refractivity contribution >= 4 is 18.2 Å². The predicted octanol–water partition coefficient (Wildman–Crippen LogP) is 2.71. The highest BCUT2D eigenvalue weighted by molar-refractivity contribution is 5.94. The number of hydrogen-bond donors (Lipinski definition) is 1. The van der Waals surface area contributed by atoms with Gasteiger partial charge in [0.25, 0.3) is 5.91 Å². The third-order valence-electron chi connectivity index (χ3n) is 2.17. The fourth-order valence-electron chi connectivity index (χ4n) is 1.32. The molecule has 0 bridgehead atoms. The minimum Gasteiger partial charge on any atom is -0.465 e. The molecule has 0 aliphatic carbocycles. The maximum Gasteiger partial charge on any atom is 0.271 e. The van der Waals surface area contributed by atoms with Crippen molar-refractivity contribution in [2.24, 2.45) is 5.10 Å². The van der Waals surface area contributed by atoms with Crippen LogP contribution in [-0.2, 0) is 0 Å². The van der Waals surface area contributed by atoms with E-state index >= 15 is 0 Å². The molecular weight excluding hydrogens is 228 g/mol. The van der Waals surface area contributed by atoms with E-state index < -0.39 is 0 Å². The highest BCUT2D eigenvalue weighted by Crippen LogP contribution is 2.01. The van der Waals surface area contributed by atoms with Crippen molar-refractivity contribution in [3.8, 4) is 0 Å². The number of nitrogens with one attached hydrogen (secondary N) is 1. The Labute approximate surface area is 105 Å². The van der Waals surface area contributed by atoms with Crippen LogP contribution in [0.2, 0.25) is 0 Å². The van der Waals surface area contributed by atoms with Crippen LogP contribution in [0.1, 0.15) is 16.1 Å². The maximum absolute atomic E-state index is 11.6. The zero-order chi connectivity index (χ0) is 12.6. The van der Waals surface area contributed by atoms with Crippen LogP contribution in [0.25, 0.3) is 6.08 Å². The molecule has 0 saturated heterocycles. The Morgan fingerprint density at radius 1 is 1.17 bits per heavy atom. The summed E-state index contributed by atoms with van der Waals surface area (Å²) < 4.78 is 5.09. The van der Waals surface area contributed by atoms with E-state index in [1.807, 2.05) is 12.1 Å². The lowest BCUT2D eigenvalue weighted by Crippen LogP contribution is -2.16. The van der Waals surface area contributed by atoms with Crippen molar-refractivity contribution < 1.29 is 9.21 Å². The molecule has 1 aromatic carbocycles. The number of carbonyl (C=O) groups is 1. The topological polar surface area (TPSA) is 54.6 Å². The van der Waals surface area contributed by atoms with E-state index in [9.17, 15) is 4.79 Å². The Morgan fingerprint density at radius 2 is 2.00 bits per heavy atom. The van der Waals surface area contributed by atoms with Gasteiger partial charge in [0, 0.05) is 11.8 Å². The van der Waals surface area contributed by atoms with Gasteiger partial charge in [-0.25, -0.2) is 5.43 Å². The summed E-state index contributed by atoms with van der Waals surface area (Å²) >= 11 is 0. The Hall–Kier alpha value is -2.62. The molecule has 0 fully saturated rings. The summed E-state index contributed by atoms with van der Waals surface area (Å²) in [4.78, 5) is 11.6. The van der Waals surface area contributed by atoms with Crippen LogP contribution in [0.4, 0.5) is 0 Å². The smallest absolute Gasteiger partial charge is 0.271 e. The molecule has 0 aliphatic rings. The van der Waals surface area contributed by atoms with Gasteiger partial charge in [0.15, 0.2) is 0 Å². The number of hydrogen-bond acceptors (Lipinski definition) is 3. The van der Waals surface area contributed by atoms with Crippen molar-refractivity contribution in [2.45, 2.75) is 0 Å². The summed E-state index contributed by atoms with van der Waals surface area (Å²) in [5.74, 6) is 0.495. The van der Waals surface area contributed by atoms with Gasteiger partial charge in [0.1, 0.15) is 5.76 Å². The van der Waals surface area contributed by atoms with Crippen molar-refractivity contribution in [3.05, 3.63) is 66.1 Å². The van der Waals surface area contributed by atoms with E-state index in [-0.39, 0.29) is 5.91 Å². The predicted molar refractivity (Wildman–Crippen MR) is 70.1 cm³/mol. The van der Waals surface area contributed by atoms with E-state index in [0.717, 1.165) is 5.76 Å². The Balaban J connectivity index is 1.83. The lowest BCUT2D eigenvalue weighted by Gasteiger charge is -1.97. The first kappa shape index (κ1) is 11.9. The van der Waals surface area contributed by atoms with E-state index in [1.54, 1.807) is 48.7 Å². The fraction of sp³-hybridized carbons (Fsp3) is 0. The lowest BCUT2D eigenvalue weighted by molar-refractivity contribution is 0.0955. The first-order valence-electron chi connectivity index (χ1n) is 5.45. The van der Waals surface area contributed by atoms with E-state index in [0.29, 0.717) is 5.56 Å². The number of furan rings is 1. The molecule has 4 heteroatoms. The molecule has 1 N–H and O–H groups in total. The normalized spacial score (nSPS) is 11.1. The number of amides is 1. The quantitative estimate of drug-likeness (QED) is 0.659. The van der Waals surface area contributed by atoms with Gasteiger partial charge in [0.05, 0.1) is 6.26 Å². The third kappa shape index (κ3) is 3.45. The van der Waals surface area contributed by atoms with E-state index in [1.165, 1.54) is 6.21 Å². The molecule has 18 heavy (non-hydrogen) atoms. The van der Waals surface area contributed by atoms with Gasteiger partial charge in [-0.05, 0) is 36.4 Å². The van der Waals surface area contributed by atoms with Gasteiger partial charge in [0.2, 0.25) is 0 Å². The van der Waals surface area contributed by atoms with Crippen LogP contribution in [0.5, 0.6) is 0 Å². The Bertz CT molecular complexity index is 542. The Kier molecular flexibility index (Phi) is 4.08. The molecular formula is C14H12N2O2. The summed E-state index contributed by atoms with van der Waals surface area (Å²) in [5.41, 5.74) is 3.00. The average molecular weight is 240 g/mol. The lowest BCUT2D eigenvalue weighted by atomic mass is 10.2. The summed E-state index contributed by atoms with van der Waals surface area (Å²) in [6.07, 6.45) is 6.51. The molecule has 90 valence electrons. The summed E-state index contributed by atoms with van der Waals surface area (Å²) in [7, 11) is 0. The van der Waals surface area contributed by atoms with Crippen LogP contribution in [0.3, 0.4) is 0 Å². The van der Waals surface area contributed by atoms with Crippen LogP contribution >= 0.6 is 0 Å². The number of benzene rings is 1. The molecule has 0 atom stereocenters. The van der Waals surface area contributed by atoms with Crippen molar-refractivity contribution in [3.63, 3.8) is 0 Å². The molecule has 0 unspecified atom stereocenters. The summed E-state index contributed by atoms with van der Waals surface area (Å²) in [6, 6.07) is 12.5. The Morgan fingerprint density at radius 3 is 2.72 bits per heavy atom. The minimum absolute atomic E-state index is 0.238. The largest absolute Gasteiger partial charge is 0.465 e. The molecule has 1 amide bonds. The highest BCUT2D eigenvalue weighted by atomic mass is 16.3. The molecule has 2 aromatic rings. The molecule has 0 saturated carbocycles. The average Bonchev–Trinajstić information content (AvgIpc) is 2.92. The molecule has 1 heterocycles. The van der Waals surface area contributed by atoms with Gasteiger partial charge in [-0.2, -0.15) is 5.10 Å². The van der Waals surface area contributed by atoms with Gasteiger partial charge < -0.3 is 4.42 Å². The maximum atomic E-state index is 11.6. The second kappa shape index (κ2) is 6.20. The van der Waals surface area contributed by atoms with Crippen LogP contribution in [0, 0.1) is 0 Å². The molecule has 2 rings (SSSR count). The molecule has 4 nitrogen and oxygen atoms in total. The second-order valence-corrected chi connectivity index (χ2v) is 3.46. The third-order valence-corrected chi connectivity index (χ3v) is 2.17. The van der Waals surface area contributed by atoms with Gasteiger partial charge >= 0.3 is 0 Å². The number of rotatable bonds is 4. The van der Waals surface area contributed by atoms with Crippen molar-refractivity contribution in [2.75, 3.05) is 0 Å². The number of nitrogens with zero attached hydrogens (tertiary/aromatic N) is 1. The number of hydrazone groups is 1. The SMILES string of the molecule is O=C(N/N=C\C=C\c1ccco1)c1ccccc1. The van der Waals surface area contributed by atoms with E-state index in [4.69, 9.17) is 4.42 Å². The first-order valence-corrected chi connectivity index (χ1v) is 5.45. The van der Waals surface area contributed by atoms with E-state index in [2.05, 4.69) is 10.5 Å². The fourth-order valence-corrected chi connectivity index (χ4v) is 1.32. The van der Waals surface area contributed by atoms with Crippen molar-refractivity contribution in [1.29, 1.82) is 0 Å². The number of carbonyl (C=O) groups excluding carboxylic acids is 1. The van der Waals surface area contributed by atoms with Crippen LogP contribution in [0.15, 0.2) is 64.3 Å². The van der Waals surface area contributed by atoms with Crippen molar-refractivity contribution in [1.82, 2.24) is 5.43 Å². The van der Waals surface area contributed by atoms with Gasteiger partial charge in [-0.1, -0.05) is 18.2 Å². The van der Waals surface area contributed by atoms with Gasteiger partial charge in [-0.3, -0.25) is 4.79 Å². The molecule has 0 aliphatic heterocycles.